The quantitative estimate of drug-likeness (QED) is 0.819. The van der Waals surface area contributed by atoms with Crippen molar-refractivity contribution in [3.8, 4) is 5.69 Å². The third-order valence-corrected chi connectivity index (χ3v) is 4.64. The standard InChI is InChI=1S/C19H24N2O2S/c1-14-5-8-18(9-6-14)21-15(2)13-17(16(21)3)7-10-19(22)20-11-12-24(4)23/h5-10,13H,11-12H2,1-4H3,(H,20,22). The molecule has 128 valence electrons. The number of carbonyl (C=O) groups excluding carboxylic acids is 1. The molecule has 0 fully saturated rings. The van der Waals surface area contributed by atoms with E-state index in [2.05, 4.69) is 54.1 Å². The minimum atomic E-state index is -0.890. The summed E-state index contributed by atoms with van der Waals surface area (Å²) in [5, 5.41) is 2.74. The van der Waals surface area contributed by atoms with E-state index in [0.29, 0.717) is 12.3 Å². The Morgan fingerprint density at radius 2 is 1.88 bits per heavy atom. The van der Waals surface area contributed by atoms with Crippen molar-refractivity contribution in [2.75, 3.05) is 18.6 Å². The van der Waals surface area contributed by atoms with Crippen LogP contribution in [0.15, 0.2) is 36.4 Å². The molecular formula is C19H24N2O2S. The molecule has 1 N–H and O–H groups in total. The molecule has 5 heteroatoms. The lowest BCUT2D eigenvalue weighted by Crippen LogP contribution is -2.25. The Kier molecular flexibility index (Phi) is 6.15. The lowest BCUT2D eigenvalue weighted by molar-refractivity contribution is -0.116. The van der Waals surface area contributed by atoms with E-state index in [1.54, 1.807) is 6.26 Å². The van der Waals surface area contributed by atoms with Gasteiger partial charge in [0.15, 0.2) is 0 Å². The monoisotopic (exact) mass is 344 g/mol. The first-order valence-electron chi connectivity index (χ1n) is 7.90. The Labute approximate surface area is 146 Å². The molecule has 0 aliphatic heterocycles. The maximum atomic E-state index is 11.8. The Bertz CT molecular complexity index is 773. The van der Waals surface area contributed by atoms with Crippen LogP contribution in [0, 0.1) is 20.8 Å². The van der Waals surface area contributed by atoms with E-state index < -0.39 is 10.8 Å². The number of rotatable bonds is 6. The maximum Gasteiger partial charge on any atom is 0.244 e. The van der Waals surface area contributed by atoms with Crippen molar-refractivity contribution in [3.05, 3.63) is 58.9 Å². The highest BCUT2D eigenvalue weighted by molar-refractivity contribution is 7.84. The molecule has 0 saturated heterocycles. The number of aromatic nitrogens is 1. The molecular weight excluding hydrogens is 320 g/mol. The lowest BCUT2D eigenvalue weighted by Gasteiger charge is -2.09. The number of hydrogen-bond donors (Lipinski definition) is 1. The van der Waals surface area contributed by atoms with Gasteiger partial charge in [0.25, 0.3) is 0 Å². The van der Waals surface area contributed by atoms with Crippen LogP contribution >= 0.6 is 0 Å². The molecule has 1 atom stereocenters. The van der Waals surface area contributed by atoms with Gasteiger partial charge in [-0.15, -0.1) is 0 Å². The van der Waals surface area contributed by atoms with E-state index in [1.807, 2.05) is 13.0 Å². The molecule has 24 heavy (non-hydrogen) atoms. The van der Waals surface area contributed by atoms with Gasteiger partial charge < -0.3 is 9.88 Å². The number of aryl methyl sites for hydroxylation is 2. The first-order chi connectivity index (χ1) is 11.4. The number of amides is 1. The van der Waals surface area contributed by atoms with Gasteiger partial charge in [-0.25, -0.2) is 0 Å². The van der Waals surface area contributed by atoms with Crippen LogP contribution in [-0.2, 0) is 15.6 Å². The Balaban J connectivity index is 2.13. The summed E-state index contributed by atoms with van der Waals surface area (Å²) >= 11 is 0. The third kappa shape index (κ3) is 4.68. The van der Waals surface area contributed by atoms with E-state index in [4.69, 9.17) is 0 Å². The summed E-state index contributed by atoms with van der Waals surface area (Å²) in [5.74, 6) is 0.308. The summed E-state index contributed by atoms with van der Waals surface area (Å²) in [6.45, 7) is 6.60. The average Bonchev–Trinajstić information content (AvgIpc) is 2.80. The molecule has 2 rings (SSSR count). The second-order valence-corrected chi connectivity index (χ2v) is 7.45. The van der Waals surface area contributed by atoms with Gasteiger partial charge in [-0.2, -0.15) is 0 Å². The van der Waals surface area contributed by atoms with Crippen molar-refractivity contribution in [1.82, 2.24) is 9.88 Å². The fraction of sp³-hybridized carbons (Fsp3) is 0.316. The average molecular weight is 344 g/mol. The minimum absolute atomic E-state index is 0.166. The Hall–Kier alpha value is -2.14. The van der Waals surface area contributed by atoms with Crippen LogP contribution in [0.3, 0.4) is 0 Å². The second-order valence-electron chi connectivity index (χ2n) is 5.90. The maximum absolute atomic E-state index is 11.8. The van der Waals surface area contributed by atoms with Crippen molar-refractivity contribution in [3.63, 3.8) is 0 Å². The van der Waals surface area contributed by atoms with Crippen LogP contribution in [-0.4, -0.2) is 33.2 Å². The predicted molar refractivity (Wildman–Crippen MR) is 101 cm³/mol. The summed E-state index contributed by atoms with van der Waals surface area (Å²) in [7, 11) is -0.890. The van der Waals surface area contributed by atoms with E-state index in [9.17, 15) is 9.00 Å². The predicted octanol–water partition coefficient (Wildman–Crippen LogP) is 2.91. The molecule has 2 aromatic rings. The summed E-state index contributed by atoms with van der Waals surface area (Å²) in [6, 6.07) is 10.4. The number of hydrogen-bond acceptors (Lipinski definition) is 2. The van der Waals surface area contributed by atoms with Gasteiger partial charge in [0.2, 0.25) is 5.91 Å². The molecule has 1 heterocycles. The second kappa shape index (κ2) is 8.11. The number of nitrogens with one attached hydrogen (secondary N) is 1. The SMILES string of the molecule is Cc1ccc(-n2c(C)cc(C=CC(=O)NCCS(C)=O)c2C)cc1. The minimum Gasteiger partial charge on any atom is -0.352 e. The summed E-state index contributed by atoms with van der Waals surface area (Å²) in [4.78, 5) is 11.8. The largest absolute Gasteiger partial charge is 0.352 e. The highest BCUT2D eigenvalue weighted by Crippen LogP contribution is 2.22. The van der Waals surface area contributed by atoms with Gasteiger partial charge in [-0.3, -0.25) is 9.00 Å². The topological polar surface area (TPSA) is 51.1 Å². The van der Waals surface area contributed by atoms with Crippen LogP contribution in [0.2, 0.25) is 0 Å². The molecule has 0 saturated carbocycles. The zero-order valence-corrected chi connectivity index (χ0v) is 15.4. The Morgan fingerprint density at radius 1 is 1.21 bits per heavy atom. The zero-order chi connectivity index (χ0) is 17.7. The van der Waals surface area contributed by atoms with Gasteiger partial charge in [0.1, 0.15) is 0 Å². The van der Waals surface area contributed by atoms with Crippen molar-refractivity contribution >= 4 is 22.8 Å². The normalized spacial score (nSPS) is 12.5. The van der Waals surface area contributed by atoms with E-state index in [-0.39, 0.29) is 5.91 Å². The van der Waals surface area contributed by atoms with Gasteiger partial charge in [0.05, 0.1) is 0 Å². The highest BCUT2D eigenvalue weighted by Gasteiger charge is 2.09. The van der Waals surface area contributed by atoms with Gasteiger partial charge in [-0.1, -0.05) is 17.7 Å². The molecule has 1 unspecified atom stereocenters. The van der Waals surface area contributed by atoms with Crippen molar-refractivity contribution in [1.29, 1.82) is 0 Å². The van der Waals surface area contributed by atoms with Gasteiger partial charge in [-0.05, 0) is 50.6 Å². The van der Waals surface area contributed by atoms with Crippen LogP contribution in [0.1, 0.15) is 22.5 Å². The number of carbonyl (C=O) groups is 1. The Morgan fingerprint density at radius 3 is 2.50 bits per heavy atom. The smallest absolute Gasteiger partial charge is 0.244 e. The van der Waals surface area contributed by atoms with Crippen molar-refractivity contribution in [2.45, 2.75) is 20.8 Å². The van der Waals surface area contributed by atoms with Crippen LogP contribution in [0.5, 0.6) is 0 Å². The first-order valence-corrected chi connectivity index (χ1v) is 9.63. The third-order valence-electron chi connectivity index (χ3n) is 3.87. The number of benzene rings is 1. The van der Waals surface area contributed by atoms with Crippen molar-refractivity contribution < 1.29 is 9.00 Å². The van der Waals surface area contributed by atoms with Gasteiger partial charge in [0, 0.05) is 52.5 Å². The fourth-order valence-electron chi connectivity index (χ4n) is 2.59. The fourth-order valence-corrected chi connectivity index (χ4v) is 2.98. The zero-order valence-electron chi connectivity index (χ0n) is 14.6. The van der Waals surface area contributed by atoms with E-state index in [1.165, 1.54) is 11.6 Å². The summed E-state index contributed by atoms with van der Waals surface area (Å²) < 4.78 is 13.2. The van der Waals surface area contributed by atoms with E-state index in [0.717, 1.165) is 22.6 Å². The van der Waals surface area contributed by atoms with Gasteiger partial charge >= 0.3 is 0 Å². The molecule has 1 amide bonds. The molecule has 0 aliphatic carbocycles. The van der Waals surface area contributed by atoms with Crippen LogP contribution in [0.4, 0.5) is 0 Å². The number of nitrogens with zero attached hydrogens (tertiary/aromatic N) is 1. The first kappa shape index (κ1) is 18.2. The molecule has 0 spiro atoms. The lowest BCUT2D eigenvalue weighted by atomic mass is 10.2. The van der Waals surface area contributed by atoms with Crippen molar-refractivity contribution in [2.24, 2.45) is 0 Å². The van der Waals surface area contributed by atoms with Crippen LogP contribution in [0.25, 0.3) is 11.8 Å². The van der Waals surface area contributed by atoms with E-state index >= 15 is 0 Å². The molecule has 0 radical (unpaired) electrons. The molecule has 1 aromatic carbocycles. The summed E-state index contributed by atoms with van der Waals surface area (Å²) in [5.41, 5.74) is 5.58. The molecule has 0 bridgehead atoms. The summed E-state index contributed by atoms with van der Waals surface area (Å²) in [6.07, 6.45) is 4.98. The molecule has 4 nitrogen and oxygen atoms in total. The molecule has 1 aromatic heterocycles. The molecule has 0 aliphatic rings. The highest BCUT2D eigenvalue weighted by atomic mass is 32.2. The van der Waals surface area contributed by atoms with Crippen LogP contribution < -0.4 is 5.32 Å².